The number of aliphatic imine (C=N–C) groups is 1. The zero-order valence-corrected chi connectivity index (χ0v) is 19.7. The fourth-order valence-electron chi connectivity index (χ4n) is 4.11. The lowest BCUT2D eigenvalue weighted by atomic mass is 10.0. The lowest BCUT2D eigenvalue weighted by Crippen LogP contribution is -2.52. The molecule has 0 spiro atoms. The molecule has 13 heteroatoms. The highest BCUT2D eigenvalue weighted by molar-refractivity contribution is 5.96. The quantitative estimate of drug-likeness (QED) is 0.338. The van der Waals surface area contributed by atoms with Gasteiger partial charge >= 0.3 is 6.03 Å². The number of amidine groups is 1. The number of hydrazone groups is 1. The summed E-state index contributed by atoms with van der Waals surface area (Å²) in [5.74, 6) is -1.81. The fraction of sp³-hybridized carbons (Fsp3) is 0.435. The zero-order chi connectivity index (χ0) is 25.7. The number of rotatable bonds is 7. The van der Waals surface area contributed by atoms with Crippen molar-refractivity contribution >= 4 is 24.0 Å². The monoisotopic (exact) mass is 503 g/mol. The van der Waals surface area contributed by atoms with E-state index >= 15 is 0 Å². The summed E-state index contributed by atoms with van der Waals surface area (Å²) in [5.41, 5.74) is 11.7. The fourth-order valence-corrected chi connectivity index (χ4v) is 4.11. The van der Waals surface area contributed by atoms with Gasteiger partial charge in [0.05, 0.1) is 12.2 Å². The van der Waals surface area contributed by atoms with Crippen LogP contribution >= 0.6 is 0 Å². The van der Waals surface area contributed by atoms with Crippen molar-refractivity contribution in [2.75, 3.05) is 44.2 Å². The summed E-state index contributed by atoms with van der Waals surface area (Å²) in [6.07, 6.45) is 4.50. The van der Waals surface area contributed by atoms with Crippen LogP contribution < -0.4 is 16.4 Å². The van der Waals surface area contributed by atoms with Crippen LogP contribution in [0.4, 0.5) is 23.9 Å². The Hall–Kier alpha value is -3.74. The first-order valence-electron chi connectivity index (χ1n) is 11.7. The molecule has 0 aliphatic carbocycles. The average Bonchev–Trinajstić information content (AvgIpc) is 3.36. The molecular formula is C23H28F3N9O. The number of urea groups is 1. The maximum absolute atomic E-state index is 14.3. The van der Waals surface area contributed by atoms with E-state index in [0.29, 0.717) is 51.3 Å². The first-order valence-corrected chi connectivity index (χ1v) is 11.7. The highest BCUT2D eigenvalue weighted by Crippen LogP contribution is 2.30. The number of benzene rings is 1. The Kier molecular flexibility index (Phi) is 7.98. The average molecular weight is 504 g/mol. The second kappa shape index (κ2) is 11.3. The van der Waals surface area contributed by atoms with E-state index in [9.17, 15) is 18.0 Å². The molecule has 2 aromatic rings. The smallest absolute Gasteiger partial charge is 0.341 e. The molecule has 192 valence electrons. The van der Waals surface area contributed by atoms with E-state index < -0.39 is 23.5 Å². The molecular weight excluding hydrogens is 475 g/mol. The van der Waals surface area contributed by atoms with E-state index in [1.165, 1.54) is 17.1 Å². The maximum atomic E-state index is 14.3. The Morgan fingerprint density at radius 1 is 1.08 bits per heavy atom. The number of anilines is 1. The van der Waals surface area contributed by atoms with E-state index in [2.05, 4.69) is 20.1 Å². The van der Waals surface area contributed by atoms with Gasteiger partial charge < -0.3 is 21.3 Å². The second-order valence-electron chi connectivity index (χ2n) is 8.48. The largest absolute Gasteiger partial charge is 0.382 e. The number of halogens is 3. The Bertz CT molecular complexity index is 1130. The molecule has 2 aliphatic rings. The number of amides is 2. The van der Waals surface area contributed by atoms with E-state index in [0.717, 1.165) is 25.1 Å². The van der Waals surface area contributed by atoms with Crippen molar-refractivity contribution in [1.82, 2.24) is 19.9 Å². The summed E-state index contributed by atoms with van der Waals surface area (Å²) in [7, 11) is 0. The molecule has 1 fully saturated rings. The van der Waals surface area contributed by atoms with Gasteiger partial charge in [-0.2, -0.15) is 5.10 Å². The van der Waals surface area contributed by atoms with Crippen LogP contribution in [0.15, 0.2) is 34.5 Å². The van der Waals surface area contributed by atoms with Crippen LogP contribution in [-0.2, 0) is 0 Å². The molecule has 0 bridgehead atoms. The van der Waals surface area contributed by atoms with Gasteiger partial charge in [-0.3, -0.25) is 4.99 Å². The number of unbranched alkanes of at least 4 members (excludes halogenated alkanes) is 1. The van der Waals surface area contributed by atoms with Gasteiger partial charge in [0.1, 0.15) is 23.2 Å². The van der Waals surface area contributed by atoms with E-state index in [1.54, 1.807) is 11.1 Å². The van der Waals surface area contributed by atoms with Crippen molar-refractivity contribution in [2.24, 2.45) is 21.6 Å². The van der Waals surface area contributed by atoms with Crippen LogP contribution in [0, 0.1) is 17.5 Å². The third-order valence-corrected chi connectivity index (χ3v) is 6.00. The first-order chi connectivity index (χ1) is 17.4. The number of piperazine rings is 1. The SMILES string of the molecule is NCCCCN=C(N)c1nc(N2CCN(C(=O)N3N=CCC3c3cc(F)cc(F)c3)CC2)ncc1F. The summed E-state index contributed by atoms with van der Waals surface area (Å²) in [4.78, 5) is 29.1. The topological polar surface area (TPSA) is 129 Å². The predicted molar refractivity (Wildman–Crippen MR) is 129 cm³/mol. The standard InChI is InChI=1S/C23H28F3N9O/c24-16-11-15(12-17(25)13-16)19-3-6-31-35(19)23(36)34-9-7-33(8-10-34)22-30-14-18(26)20(32-22)21(28)29-5-2-1-4-27/h6,11-14,19H,1-5,7-10,27H2,(H2,28,29). The van der Waals surface area contributed by atoms with Crippen molar-refractivity contribution in [3.63, 3.8) is 0 Å². The molecule has 2 amide bonds. The van der Waals surface area contributed by atoms with Gasteiger partial charge in [-0.05, 0) is 37.1 Å². The van der Waals surface area contributed by atoms with Gasteiger partial charge in [0.25, 0.3) is 0 Å². The third-order valence-electron chi connectivity index (χ3n) is 6.00. The zero-order valence-electron chi connectivity index (χ0n) is 19.7. The lowest BCUT2D eigenvalue weighted by molar-refractivity contribution is 0.139. The number of carbonyl (C=O) groups is 1. The molecule has 2 aliphatic heterocycles. The highest BCUT2D eigenvalue weighted by Gasteiger charge is 2.34. The molecule has 0 saturated carbocycles. The number of nitrogens with zero attached hydrogens (tertiary/aromatic N) is 7. The van der Waals surface area contributed by atoms with Crippen LogP contribution in [0.25, 0.3) is 0 Å². The van der Waals surface area contributed by atoms with Crippen molar-refractivity contribution in [1.29, 1.82) is 0 Å². The normalized spacial score (nSPS) is 18.3. The van der Waals surface area contributed by atoms with Crippen molar-refractivity contribution in [3.8, 4) is 0 Å². The van der Waals surface area contributed by atoms with Gasteiger partial charge in [0.2, 0.25) is 5.95 Å². The van der Waals surface area contributed by atoms with Crippen LogP contribution in [0.2, 0.25) is 0 Å². The number of hydrogen-bond acceptors (Lipinski definition) is 7. The summed E-state index contributed by atoms with van der Waals surface area (Å²) in [6, 6.07) is 2.24. The van der Waals surface area contributed by atoms with Gasteiger partial charge in [-0.25, -0.2) is 32.9 Å². The third kappa shape index (κ3) is 5.73. The van der Waals surface area contributed by atoms with Crippen molar-refractivity contribution < 1.29 is 18.0 Å². The summed E-state index contributed by atoms with van der Waals surface area (Å²) >= 11 is 0. The van der Waals surface area contributed by atoms with Gasteiger partial charge in [-0.15, -0.1) is 0 Å². The molecule has 4 rings (SSSR count). The number of carbonyl (C=O) groups excluding carboxylic acids is 1. The number of hydrogen-bond donors (Lipinski definition) is 2. The van der Waals surface area contributed by atoms with Crippen LogP contribution in [0.1, 0.15) is 36.6 Å². The number of nitrogens with two attached hydrogens (primary N) is 2. The second-order valence-corrected chi connectivity index (χ2v) is 8.48. The molecule has 1 atom stereocenters. The molecule has 1 unspecified atom stereocenters. The Balaban J connectivity index is 1.40. The highest BCUT2D eigenvalue weighted by atomic mass is 19.1. The minimum Gasteiger partial charge on any atom is -0.382 e. The van der Waals surface area contributed by atoms with E-state index in [1.807, 2.05) is 4.90 Å². The molecule has 1 aromatic carbocycles. The van der Waals surface area contributed by atoms with Crippen molar-refractivity contribution in [3.05, 3.63) is 53.1 Å². The first kappa shape index (κ1) is 25.4. The minimum atomic E-state index is -0.710. The molecule has 3 heterocycles. The maximum Gasteiger partial charge on any atom is 0.341 e. The van der Waals surface area contributed by atoms with Gasteiger partial charge in [0, 0.05) is 51.4 Å². The summed E-state index contributed by atoms with van der Waals surface area (Å²) in [6.45, 7) is 2.40. The van der Waals surface area contributed by atoms with E-state index in [-0.39, 0.29) is 23.5 Å². The number of aromatic nitrogens is 2. The minimum absolute atomic E-state index is 0.00583. The molecule has 4 N–H and O–H groups in total. The Labute approximate surface area is 206 Å². The predicted octanol–water partition coefficient (Wildman–Crippen LogP) is 2.01. The van der Waals surface area contributed by atoms with Gasteiger partial charge in [0.15, 0.2) is 5.82 Å². The Morgan fingerprint density at radius 3 is 2.50 bits per heavy atom. The molecule has 36 heavy (non-hydrogen) atoms. The molecule has 1 aromatic heterocycles. The van der Waals surface area contributed by atoms with Crippen molar-refractivity contribution in [2.45, 2.75) is 25.3 Å². The molecule has 1 saturated heterocycles. The molecule has 10 nitrogen and oxygen atoms in total. The molecule has 0 radical (unpaired) electrons. The summed E-state index contributed by atoms with van der Waals surface area (Å²) < 4.78 is 41.7. The van der Waals surface area contributed by atoms with E-state index in [4.69, 9.17) is 11.5 Å². The lowest BCUT2D eigenvalue weighted by Gasteiger charge is -2.37. The van der Waals surface area contributed by atoms with Crippen LogP contribution in [0.3, 0.4) is 0 Å². The van der Waals surface area contributed by atoms with Crippen LogP contribution in [0.5, 0.6) is 0 Å². The van der Waals surface area contributed by atoms with Gasteiger partial charge in [-0.1, -0.05) is 0 Å². The van der Waals surface area contributed by atoms with Crippen LogP contribution in [-0.4, -0.2) is 77.2 Å². The summed E-state index contributed by atoms with van der Waals surface area (Å²) in [5, 5.41) is 5.39. The Morgan fingerprint density at radius 2 is 1.81 bits per heavy atom.